The van der Waals surface area contributed by atoms with Gasteiger partial charge >= 0.3 is 0 Å². The molecule has 0 aromatic rings. The Labute approximate surface area is 64.2 Å². The van der Waals surface area contributed by atoms with Crippen LogP contribution in [0.15, 0.2) is 0 Å². The number of quaternary nitrogens is 1. The number of hydrogen-bond donors (Lipinski definition) is 1. The van der Waals surface area contributed by atoms with Crippen LogP contribution in [0.3, 0.4) is 0 Å². The van der Waals surface area contributed by atoms with Gasteiger partial charge in [-0.15, -0.1) is 0 Å². The minimum atomic E-state index is 0.850. The topological polar surface area (TPSA) is 16.6 Å². The summed E-state index contributed by atoms with van der Waals surface area (Å²) in [5.41, 5.74) is 0. The first-order valence-corrected chi connectivity index (χ1v) is 4.62. The smallest absolute Gasteiger partial charge is 0.0831 e. The maximum atomic E-state index is 2.33. The third-order valence-corrected chi connectivity index (χ3v) is 2.75. The molecule has 1 fully saturated rings. The Morgan fingerprint density at radius 3 is 2.50 bits per heavy atom. The molecule has 2 N–H and O–H groups in total. The van der Waals surface area contributed by atoms with Crippen molar-refractivity contribution in [3.63, 3.8) is 0 Å². The summed E-state index contributed by atoms with van der Waals surface area (Å²) >= 11 is 0. The maximum Gasteiger partial charge on any atom is 0.0831 e. The van der Waals surface area contributed by atoms with E-state index >= 15 is 0 Å². The van der Waals surface area contributed by atoms with Gasteiger partial charge in [0.2, 0.25) is 0 Å². The van der Waals surface area contributed by atoms with E-state index in [0.717, 1.165) is 12.0 Å². The Balaban J connectivity index is 2.11. The summed E-state index contributed by atoms with van der Waals surface area (Å²) in [7, 11) is 2.18. The van der Waals surface area contributed by atoms with Gasteiger partial charge < -0.3 is 5.32 Å². The zero-order chi connectivity index (χ0) is 7.40. The summed E-state index contributed by atoms with van der Waals surface area (Å²) in [4.78, 5) is 0. The van der Waals surface area contributed by atoms with Crippen LogP contribution in [0.2, 0.25) is 0 Å². The van der Waals surface area contributed by atoms with E-state index in [1.807, 2.05) is 0 Å². The van der Waals surface area contributed by atoms with Gasteiger partial charge in [-0.25, -0.2) is 0 Å². The van der Waals surface area contributed by atoms with Crippen molar-refractivity contribution in [1.29, 1.82) is 0 Å². The van der Waals surface area contributed by atoms with Gasteiger partial charge in [-0.2, -0.15) is 0 Å². The van der Waals surface area contributed by atoms with E-state index in [2.05, 4.69) is 19.3 Å². The number of hydrogen-bond acceptors (Lipinski definition) is 0. The highest BCUT2D eigenvalue weighted by molar-refractivity contribution is 4.68. The van der Waals surface area contributed by atoms with Crippen LogP contribution in [-0.2, 0) is 0 Å². The zero-order valence-electron chi connectivity index (χ0n) is 7.27. The molecular weight excluding hydrogens is 122 g/mol. The quantitative estimate of drug-likeness (QED) is 0.609. The summed E-state index contributed by atoms with van der Waals surface area (Å²) < 4.78 is 0. The van der Waals surface area contributed by atoms with Gasteiger partial charge in [0.25, 0.3) is 0 Å². The normalized spacial score (nSPS) is 23.4. The molecular formula is C9H20N+. The molecule has 1 atom stereocenters. The Bertz CT molecular complexity index is 84.7. The lowest BCUT2D eigenvalue weighted by atomic mass is 10.00. The van der Waals surface area contributed by atoms with Gasteiger partial charge in [0.05, 0.1) is 13.1 Å². The lowest BCUT2D eigenvalue weighted by Gasteiger charge is -2.11. The van der Waals surface area contributed by atoms with Crippen LogP contribution in [0.5, 0.6) is 0 Å². The Morgan fingerprint density at radius 2 is 2.00 bits per heavy atom. The molecule has 1 aliphatic carbocycles. The molecule has 10 heavy (non-hydrogen) atoms. The summed E-state index contributed by atoms with van der Waals surface area (Å²) in [6.45, 7) is 2.33. The fraction of sp³-hybridized carbons (Fsp3) is 1.00. The molecule has 0 heterocycles. The maximum absolute atomic E-state index is 2.33. The molecule has 0 aromatic heterocycles. The van der Waals surface area contributed by atoms with Crippen LogP contribution >= 0.6 is 0 Å². The largest absolute Gasteiger partial charge is 0.346 e. The average Bonchev–Trinajstić information content (AvgIpc) is 2.40. The van der Waals surface area contributed by atoms with Crippen molar-refractivity contribution in [3.8, 4) is 0 Å². The first-order chi connectivity index (χ1) is 4.83. The van der Waals surface area contributed by atoms with Gasteiger partial charge in [-0.1, -0.05) is 25.7 Å². The number of nitrogens with two attached hydrogens (primary N) is 1. The van der Waals surface area contributed by atoms with Crippen molar-refractivity contribution in [1.82, 2.24) is 0 Å². The molecule has 0 spiro atoms. The van der Waals surface area contributed by atoms with E-state index in [1.165, 1.54) is 32.1 Å². The van der Waals surface area contributed by atoms with Crippen molar-refractivity contribution in [2.75, 3.05) is 7.05 Å². The third-order valence-electron chi connectivity index (χ3n) is 2.75. The molecule has 0 unspecified atom stereocenters. The van der Waals surface area contributed by atoms with Crippen LogP contribution in [0.25, 0.3) is 0 Å². The van der Waals surface area contributed by atoms with Crippen molar-refractivity contribution in [2.45, 2.75) is 45.1 Å². The van der Waals surface area contributed by atoms with Crippen molar-refractivity contribution in [3.05, 3.63) is 0 Å². The van der Waals surface area contributed by atoms with E-state index < -0.39 is 0 Å². The van der Waals surface area contributed by atoms with Crippen LogP contribution in [0.4, 0.5) is 0 Å². The molecule has 1 saturated carbocycles. The van der Waals surface area contributed by atoms with Crippen molar-refractivity contribution in [2.24, 2.45) is 5.92 Å². The monoisotopic (exact) mass is 142 g/mol. The summed E-state index contributed by atoms with van der Waals surface area (Å²) in [6.07, 6.45) is 7.41. The van der Waals surface area contributed by atoms with E-state index in [-0.39, 0.29) is 0 Å². The molecule has 0 amide bonds. The first kappa shape index (κ1) is 8.06. The lowest BCUT2D eigenvalue weighted by Crippen LogP contribution is -2.85. The highest BCUT2D eigenvalue weighted by Gasteiger charge is 2.17. The third kappa shape index (κ3) is 2.30. The van der Waals surface area contributed by atoms with Crippen LogP contribution in [-0.4, -0.2) is 13.1 Å². The van der Waals surface area contributed by atoms with Crippen LogP contribution in [0, 0.1) is 5.92 Å². The molecule has 60 valence electrons. The second-order valence-corrected chi connectivity index (χ2v) is 3.70. The molecule has 1 heteroatoms. The SMILES string of the molecule is C[NH2+][C@H](C)CC1CCCC1. The Morgan fingerprint density at radius 1 is 1.40 bits per heavy atom. The second kappa shape index (κ2) is 3.97. The van der Waals surface area contributed by atoms with E-state index in [9.17, 15) is 0 Å². The van der Waals surface area contributed by atoms with Gasteiger partial charge in [-0.05, 0) is 12.8 Å². The minimum absolute atomic E-state index is 0.850. The van der Waals surface area contributed by atoms with E-state index in [4.69, 9.17) is 0 Å². The minimum Gasteiger partial charge on any atom is -0.346 e. The predicted molar refractivity (Wildman–Crippen MR) is 43.9 cm³/mol. The van der Waals surface area contributed by atoms with Crippen LogP contribution in [0.1, 0.15) is 39.0 Å². The fourth-order valence-corrected chi connectivity index (χ4v) is 1.91. The van der Waals surface area contributed by atoms with Gasteiger partial charge in [-0.3, -0.25) is 0 Å². The van der Waals surface area contributed by atoms with E-state index in [0.29, 0.717) is 0 Å². The van der Waals surface area contributed by atoms with Gasteiger partial charge in [0, 0.05) is 6.42 Å². The highest BCUT2D eigenvalue weighted by Crippen LogP contribution is 2.27. The number of rotatable bonds is 3. The summed E-state index contributed by atoms with van der Waals surface area (Å²) in [6, 6.07) is 0.850. The molecule has 0 aliphatic heterocycles. The lowest BCUT2D eigenvalue weighted by molar-refractivity contribution is -0.661. The Hall–Kier alpha value is -0.0400. The zero-order valence-corrected chi connectivity index (χ0v) is 7.27. The van der Waals surface area contributed by atoms with Crippen molar-refractivity contribution >= 4 is 0 Å². The summed E-state index contributed by atoms with van der Waals surface area (Å²) in [5.74, 6) is 1.06. The standard InChI is InChI=1S/C9H19N/c1-8(10-2)7-9-5-3-4-6-9/h8-10H,3-7H2,1-2H3/p+1/t8-/m1/s1. The summed E-state index contributed by atoms with van der Waals surface area (Å²) in [5, 5.41) is 2.33. The van der Waals surface area contributed by atoms with Gasteiger partial charge in [0.15, 0.2) is 0 Å². The van der Waals surface area contributed by atoms with E-state index in [1.54, 1.807) is 0 Å². The molecule has 1 rings (SSSR count). The van der Waals surface area contributed by atoms with Gasteiger partial charge in [0.1, 0.15) is 0 Å². The molecule has 1 aliphatic rings. The van der Waals surface area contributed by atoms with Crippen LogP contribution < -0.4 is 5.32 Å². The molecule has 0 aromatic carbocycles. The first-order valence-electron chi connectivity index (χ1n) is 4.62. The molecule has 0 radical (unpaired) electrons. The molecule has 1 nitrogen and oxygen atoms in total. The fourth-order valence-electron chi connectivity index (χ4n) is 1.91. The van der Waals surface area contributed by atoms with Crippen molar-refractivity contribution < 1.29 is 5.32 Å². The predicted octanol–water partition coefficient (Wildman–Crippen LogP) is 1.15. The highest BCUT2D eigenvalue weighted by atomic mass is 14.8. The Kier molecular flexibility index (Phi) is 3.20. The molecule has 0 saturated heterocycles. The molecule has 0 bridgehead atoms. The second-order valence-electron chi connectivity index (χ2n) is 3.70. The average molecular weight is 142 g/mol.